The van der Waals surface area contributed by atoms with Crippen molar-refractivity contribution in [2.75, 3.05) is 13.6 Å². The van der Waals surface area contributed by atoms with Crippen LogP contribution in [0.1, 0.15) is 29.2 Å². The predicted octanol–water partition coefficient (Wildman–Crippen LogP) is 3.90. The van der Waals surface area contributed by atoms with Crippen LogP contribution in [0.25, 0.3) is 10.6 Å². The molecule has 0 fully saturated rings. The van der Waals surface area contributed by atoms with E-state index in [1.165, 1.54) is 7.05 Å². The molecule has 23 heavy (non-hydrogen) atoms. The van der Waals surface area contributed by atoms with Crippen LogP contribution in [0, 0.1) is 5.92 Å². The highest BCUT2D eigenvalue weighted by atomic mass is 32.1. The fourth-order valence-corrected chi connectivity index (χ4v) is 3.22. The number of alkyl halides is 3. The Hall–Kier alpha value is -1.83. The summed E-state index contributed by atoms with van der Waals surface area (Å²) in [5, 5.41) is 3.90. The number of carbonyl (C=O) groups is 1. The van der Waals surface area contributed by atoms with Gasteiger partial charge in [0.1, 0.15) is 11.4 Å². The number of hydrogen-bond donors (Lipinski definition) is 0. The molecule has 4 nitrogen and oxygen atoms in total. The van der Waals surface area contributed by atoms with Crippen LogP contribution in [0.2, 0.25) is 0 Å². The lowest BCUT2D eigenvalue weighted by Crippen LogP contribution is -2.29. The third-order valence-corrected chi connectivity index (χ3v) is 4.32. The van der Waals surface area contributed by atoms with Gasteiger partial charge in [0, 0.05) is 20.6 Å². The number of hydrogen-bond acceptors (Lipinski definition) is 3. The van der Waals surface area contributed by atoms with Gasteiger partial charge in [-0.15, -0.1) is 11.3 Å². The van der Waals surface area contributed by atoms with E-state index < -0.39 is 11.9 Å². The smallest absolute Gasteiger partial charge is 0.341 e. The maximum atomic E-state index is 12.8. The fraction of sp³-hybridized carbons (Fsp3) is 0.467. The summed E-state index contributed by atoms with van der Waals surface area (Å²) in [5.41, 5.74) is -0.596. The zero-order valence-electron chi connectivity index (χ0n) is 13.3. The second-order valence-electron chi connectivity index (χ2n) is 5.78. The van der Waals surface area contributed by atoms with Crippen molar-refractivity contribution in [1.82, 2.24) is 14.7 Å². The van der Waals surface area contributed by atoms with Crippen molar-refractivity contribution >= 4 is 17.2 Å². The molecule has 2 rings (SSSR count). The van der Waals surface area contributed by atoms with Gasteiger partial charge in [-0.2, -0.15) is 18.3 Å². The Morgan fingerprint density at radius 1 is 1.39 bits per heavy atom. The summed E-state index contributed by atoms with van der Waals surface area (Å²) in [6.07, 6.45) is -4.45. The second-order valence-corrected chi connectivity index (χ2v) is 6.86. The molecule has 0 saturated carbocycles. The summed E-state index contributed by atoms with van der Waals surface area (Å²) in [6, 6.07) is 4.25. The van der Waals surface area contributed by atoms with Crippen LogP contribution in [0.4, 0.5) is 13.2 Å². The molecular formula is C15H18F3N3OS. The van der Waals surface area contributed by atoms with E-state index in [4.69, 9.17) is 0 Å². The molecular weight excluding hydrogens is 327 g/mol. The van der Waals surface area contributed by atoms with Crippen LogP contribution in [0.15, 0.2) is 18.2 Å². The van der Waals surface area contributed by atoms with Crippen LogP contribution in [-0.4, -0.2) is 34.2 Å². The molecule has 0 aliphatic rings. The van der Waals surface area contributed by atoms with Crippen molar-refractivity contribution in [2.45, 2.75) is 20.0 Å². The van der Waals surface area contributed by atoms with E-state index in [1.54, 1.807) is 24.1 Å². The van der Waals surface area contributed by atoms with Crippen LogP contribution >= 0.6 is 11.3 Å². The standard InChI is InChI=1S/C15H18F3N3OS/c1-9(2)8-20(3)14(22)12-6-5-11(23-12)10-7-13(15(16,17)18)21(4)19-10/h5-7,9H,8H2,1-4H3. The van der Waals surface area contributed by atoms with Crippen LogP contribution in [0.5, 0.6) is 0 Å². The van der Waals surface area contributed by atoms with Gasteiger partial charge in [0.25, 0.3) is 5.91 Å². The molecule has 2 heterocycles. The molecule has 1 amide bonds. The third kappa shape index (κ3) is 3.93. The maximum absolute atomic E-state index is 12.8. The summed E-state index contributed by atoms with van der Waals surface area (Å²) in [5.74, 6) is 0.204. The zero-order chi connectivity index (χ0) is 17.4. The zero-order valence-corrected chi connectivity index (χ0v) is 14.1. The first kappa shape index (κ1) is 17.5. The summed E-state index contributed by atoms with van der Waals surface area (Å²) in [6.45, 7) is 4.64. The number of aromatic nitrogens is 2. The van der Waals surface area contributed by atoms with E-state index in [-0.39, 0.29) is 11.6 Å². The van der Waals surface area contributed by atoms with Gasteiger partial charge in [-0.25, -0.2) is 0 Å². The Bertz CT molecular complexity index is 703. The van der Waals surface area contributed by atoms with E-state index in [0.717, 1.165) is 22.1 Å². The Labute approximate surface area is 136 Å². The minimum atomic E-state index is -4.45. The van der Waals surface area contributed by atoms with Crippen molar-refractivity contribution in [1.29, 1.82) is 0 Å². The van der Waals surface area contributed by atoms with Crippen LogP contribution in [0.3, 0.4) is 0 Å². The van der Waals surface area contributed by atoms with Crippen molar-refractivity contribution in [3.63, 3.8) is 0 Å². The van der Waals surface area contributed by atoms with E-state index in [1.807, 2.05) is 13.8 Å². The highest BCUT2D eigenvalue weighted by molar-refractivity contribution is 7.17. The quantitative estimate of drug-likeness (QED) is 0.843. The first-order valence-corrected chi connectivity index (χ1v) is 7.88. The molecule has 126 valence electrons. The average Bonchev–Trinajstić information content (AvgIpc) is 3.02. The van der Waals surface area contributed by atoms with E-state index >= 15 is 0 Å². The second kappa shape index (κ2) is 6.35. The molecule has 0 saturated heterocycles. The SMILES string of the molecule is CC(C)CN(C)C(=O)c1ccc(-c2cc(C(F)(F)F)n(C)n2)s1. The van der Waals surface area contributed by atoms with Crippen molar-refractivity contribution in [3.8, 4) is 10.6 Å². The van der Waals surface area contributed by atoms with Crippen LogP contribution in [-0.2, 0) is 13.2 Å². The lowest BCUT2D eigenvalue weighted by Gasteiger charge is -2.18. The molecule has 8 heteroatoms. The van der Waals surface area contributed by atoms with Crippen molar-refractivity contribution in [2.24, 2.45) is 13.0 Å². The van der Waals surface area contributed by atoms with Gasteiger partial charge in [-0.1, -0.05) is 13.8 Å². The number of nitrogens with zero attached hydrogens (tertiary/aromatic N) is 3. The monoisotopic (exact) mass is 345 g/mol. The number of thiophene rings is 1. The number of amides is 1. The topological polar surface area (TPSA) is 38.1 Å². The van der Waals surface area contributed by atoms with E-state index in [2.05, 4.69) is 5.10 Å². The first-order valence-electron chi connectivity index (χ1n) is 7.06. The number of halogens is 3. The van der Waals surface area contributed by atoms with Crippen molar-refractivity contribution < 1.29 is 18.0 Å². The summed E-state index contributed by atoms with van der Waals surface area (Å²) < 4.78 is 39.3. The number of rotatable bonds is 4. The lowest BCUT2D eigenvalue weighted by molar-refractivity contribution is -0.143. The molecule has 0 bridgehead atoms. The molecule has 0 aromatic carbocycles. The van der Waals surface area contributed by atoms with Gasteiger partial charge in [0.05, 0.1) is 9.75 Å². The highest BCUT2D eigenvalue weighted by Crippen LogP contribution is 2.34. The molecule has 0 aliphatic carbocycles. The summed E-state index contributed by atoms with van der Waals surface area (Å²) in [4.78, 5) is 14.9. The van der Waals surface area contributed by atoms with Gasteiger partial charge in [-0.05, 0) is 24.1 Å². The molecule has 0 aliphatic heterocycles. The van der Waals surface area contributed by atoms with E-state index in [0.29, 0.717) is 22.2 Å². The van der Waals surface area contributed by atoms with Gasteiger partial charge >= 0.3 is 6.18 Å². The molecule has 0 N–H and O–H groups in total. The molecule has 0 radical (unpaired) electrons. The predicted molar refractivity (Wildman–Crippen MR) is 83.3 cm³/mol. The molecule has 0 atom stereocenters. The number of carbonyl (C=O) groups excluding carboxylic acids is 1. The van der Waals surface area contributed by atoms with Crippen molar-refractivity contribution in [3.05, 3.63) is 28.8 Å². The van der Waals surface area contributed by atoms with Gasteiger partial charge in [0.15, 0.2) is 0 Å². The molecule has 0 spiro atoms. The third-order valence-electron chi connectivity index (χ3n) is 3.23. The number of aryl methyl sites for hydroxylation is 1. The van der Waals surface area contributed by atoms with Gasteiger partial charge < -0.3 is 4.90 Å². The summed E-state index contributed by atoms with van der Waals surface area (Å²) >= 11 is 1.15. The Morgan fingerprint density at radius 2 is 2.04 bits per heavy atom. The molecule has 2 aromatic rings. The van der Waals surface area contributed by atoms with Gasteiger partial charge in [0.2, 0.25) is 0 Å². The molecule has 2 aromatic heterocycles. The largest absolute Gasteiger partial charge is 0.433 e. The van der Waals surface area contributed by atoms with Crippen LogP contribution < -0.4 is 0 Å². The molecule has 0 unspecified atom stereocenters. The Morgan fingerprint density at radius 3 is 2.57 bits per heavy atom. The average molecular weight is 345 g/mol. The minimum Gasteiger partial charge on any atom is -0.341 e. The summed E-state index contributed by atoms with van der Waals surface area (Å²) in [7, 11) is 2.96. The Balaban J connectivity index is 2.25. The maximum Gasteiger partial charge on any atom is 0.433 e. The fourth-order valence-electron chi connectivity index (χ4n) is 2.26. The Kier molecular flexibility index (Phi) is 4.84. The normalized spacial score (nSPS) is 12.0. The van der Waals surface area contributed by atoms with E-state index in [9.17, 15) is 18.0 Å². The minimum absolute atomic E-state index is 0.137. The highest BCUT2D eigenvalue weighted by Gasteiger charge is 2.35. The first-order chi connectivity index (χ1) is 10.6. The lowest BCUT2D eigenvalue weighted by atomic mass is 10.2. The van der Waals surface area contributed by atoms with Gasteiger partial charge in [-0.3, -0.25) is 9.48 Å².